The van der Waals surface area contributed by atoms with E-state index in [1.807, 2.05) is 13.1 Å². The Bertz CT molecular complexity index is 399. The van der Waals surface area contributed by atoms with Crippen LogP contribution in [0.4, 0.5) is 0 Å². The van der Waals surface area contributed by atoms with Crippen molar-refractivity contribution in [2.45, 2.75) is 25.2 Å². The minimum Gasteiger partial charge on any atom is -0.454 e. The summed E-state index contributed by atoms with van der Waals surface area (Å²) in [6.07, 6.45) is 3.94. The van der Waals surface area contributed by atoms with E-state index in [1.54, 1.807) is 0 Å². The van der Waals surface area contributed by atoms with Crippen LogP contribution in [0.25, 0.3) is 0 Å². The quantitative estimate of drug-likeness (QED) is 0.866. The third-order valence-electron chi connectivity index (χ3n) is 3.91. The van der Waals surface area contributed by atoms with E-state index >= 15 is 0 Å². The molecule has 3 heteroatoms. The maximum atomic E-state index is 5.42. The molecule has 0 amide bonds. The molecule has 1 heterocycles. The molecule has 0 unspecified atom stereocenters. The predicted molar refractivity (Wildman–Crippen MR) is 66.6 cm³/mol. The van der Waals surface area contributed by atoms with E-state index in [2.05, 4.69) is 17.4 Å². The summed E-state index contributed by atoms with van der Waals surface area (Å²) in [7, 11) is 2.02. The lowest BCUT2D eigenvalue weighted by Gasteiger charge is -2.35. The summed E-state index contributed by atoms with van der Waals surface area (Å²) in [6, 6.07) is 6.38. The maximum absolute atomic E-state index is 5.42. The van der Waals surface area contributed by atoms with E-state index in [9.17, 15) is 0 Å². The van der Waals surface area contributed by atoms with E-state index in [-0.39, 0.29) is 0 Å². The summed E-state index contributed by atoms with van der Waals surface area (Å²) < 4.78 is 10.7. The van der Waals surface area contributed by atoms with Gasteiger partial charge >= 0.3 is 0 Å². The Morgan fingerprint density at radius 3 is 2.88 bits per heavy atom. The first-order chi connectivity index (χ1) is 8.36. The lowest BCUT2D eigenvalue weighted by atomic mass is 9.70. The maximum Gasteiger partial charge on any atom is 0.231 e. The van der Waals surface area contributed by atoms with Crippen molar-refractivity contribution in [3.63, 3.8) is 0 Å². The number of nitrogens with one attached hydrogen (secondary N) is 1. The topological polar surface area (TPSA) is 30.5 Å². The van der Waals surface area contributed by atoms with Crippen LogP contribution in [0.1, 0.15) is 30.7 Å². The van der Waals surface area contributed by atoms with Crippen LogP contribution in [0.15, 0.2) is 18.2 Å². The highest BCUT2D eigenvalue weighted by atomic mass is 16.7. The minimum absolute atomic E-state index is 0.369. The highest BCUT2D eigenvalue weighted by Gasteiger charge is 2.30. The molecular formula is C14H19NO2. The normalized spacial score (nSPS) is 25.7. The molecule has 1 saturated carbocycles. The second kappa shape index (κ2) is 4.57. The summed E-state index contributed by atoms with van der Waals surface area (Å²) in [5, 5.41) is 3.22. The lowest BCUT2D eigenvalue weighted by Crippen LogP contribution is -2.25. The third kappa shape index (κ3) is 2.12. The van der Waals surface area contributed by atoms with Gasteiger partial charge in [-0.2, -0.15) is 0 Å². The first kappa shape index (κ1) is 10.9. The van der Waals surface area contributed by atoms with Crippen LogP contribution >= 0.6 is 0 Å². The Hall–Kier alpha value is -1.22. The summed E-state index contributed by atoms with van der Waals surface area (Å²) in [5.41, 5.74) is 1.41. The summed E-state index contributed by atoms with van der Waals surface area (Å²) in [5.74, 6) is 3.44. The molecule has 1 aromatic carbocycles. The van der Waals surface area contributed by atoms with Crippen LogP contribution in [0.2, 0.25) is 0 Å². The van der Waals surface area contributed by atoms with Crippen LogP contribution in [0.5, 0.6) is 11.5 Å². The van der Waals surface area contributed by atoms with Gasteiger partial charge in [-0.25, -0.2) is 0 Å². The van der Waals surface area contributed by atoms with Gasteiger partial charge in [0, 0.05) is 0 Å². The van der Waals surface area contributed by atoms with Crippen LogP contribution in [-0.2, 0) is 0 Å². The Kier molecular flexibility index (Phi) is 2.93. The first-order valence-electron chi connectivity index (χ1n) is 6.41. The van der Waals surface area contributed by atoms with Crippen molar-refractivity contribution in [3.05, 3.63) is 23.8 Å². The molecular weight excluding hydrogens is 214 g/mol. The van der Waals surface area contributed by atoms with Gasteiger partial charge in [-0.05, 0) is 62.4 Å². The van der Waals surface area contributed by atoms with Gasteiger partial charge < -0.3 is 14.8 Å². The summed E-state index contributed by atoms with van der Waals surface area (Å²) in [4.78, 5) is 0. The third-order valence-corrected chi connectivity index (χ3v) is 3.91. The largest absolute Gasteiger partial charge is 0.454 e. The number of fused-ring (bicyclic) bond motifs is 1. The van der Waals surface area contributed by atoms with E-state index in [1.165, 1.54) is 24.8 Å². The van der Waals surface area contributed by atoms with Gasteiger partial charge in [-0.15, -0.1) is 0 Å². The highest BCUT2D eigenvalue weighted by Crippen LogP contribution is 2.45. The van der Waals surface area contributed by atoms with Crippen LogP contribution in [0, 0.1) is 5.92 Å². The fourth-order valence-electron chi connectivity index (χ4n) is 2.76. The molecule has 0 atom stereocenters. The van der Waals surface area contributed by atoms with Gasteiger partial charge in [0.25, 0.3) is 0 Å². The van der Waals surface area contributed by atoms with Gasteiger partial charge in [-0.1, -0.05) is 6.07 Å². The molecule has 17 heavy (non-hydrogen) atoms. The predicted octanol–water partition coefficient (Wildman–Crippen LogP) is 2.52. The standard InChI is InChI=1S/C14H19NO2/c1-15-5-4-10-6-12(7-10)11-2-3-13-14(8-11)17-9-16-13/h2-3,8,10,12,15H,4-7,9H2,1H3. The van der Waals surface area contributed by atoms with Crippen molar-refractivity contribution < 1.29 is 9.47 Å². The molecule has 92 valence electrons. The number of ether oxygens (including phenoxy) is 2. The zero-order chi connectivity index (χ0) is 11.7. The van der Waals surface area contributed by atoms with E-state index in [4.69, 9.17) is 9.47 Å². The highest BCUT2D eigenvalue weighted by molar-refractivity contribution is 5.45. The van der Waals surface area contributed by atoms with Crippen LogP contribution in [0.3, 0.4) is 0 Å². The van der Waals surface area contributed by atoms with Crippen molar-refractivity contribution >= 4 is 0 Å². The van der Waals surface area contributed by atoms with Crippen LogP contribution < -0.4 is 14.8 Å². The molecule has 0 radical (unpaired) electrons. The SMILES string of the molecule is CNCCC1CC(c2ccc3c(c2)OCO3)C1. The number of rotatable bonds is 4. The second-order valence-corrected chi connectivity index (χ2v) is 5.04. The van der Waals surface area contributed by atoms with Crippen molar-refractivity contribution in [1.29, 1.82) is 0 Å². The second-order valence-electron chi connectivity index (χ2n) is 5.04. The monoisotopic (exact) mass is 233 g/mol. The lowest BCUT2D eigenvalue weighted by molar-refractivity contribution is 0.173. The van der Waals surface area contributed by atoms with E-state index in [0.29, 0.717) is 6.79 Å². The molecule has 3 rings (SSSR count). The Morgan fingerprint density at radius 1 is 1.24 bits per heavy atom. The molecule has 0 aromatic heterocycles. The molecule has 1 N–H and O–H groups in total. The molecule has 3 nitrogen and oxygen atoms in total. The molecule has 0 spiro atoms. The van der Waals surface area contributed by atoms with Gasteiger partial charge in [0.1, 0.15) is 0 Å². The average Bonchev–Trinajstić information content (AvgIpc) is 2.74. The minimum atomic E-state index is 0.369. The molecule has 0 saturated heterocycles. The first-order valence-corrected chi connectivity index (χ1v) is 6.41. The fourth-order valence-corrected chi connectivity index (χ4v) is 2.76. The summed E-state index contributed by atoms with van der Waals surface area (Å²) >= 11 is 0. The zero-order valence-corrected chi connectivity index (χ0v) is 10.2. The average molecular weight is 233 g/mol. The molecule has 1 aliphatic carbocycles. The van der Waals surface area contributed by atoms with Crippen molar-refractivity contribution in [3.8, 4) is 11.5 Å². The Morgan fingerprint density at radius 2 is 2.06 bits per heavy atom. The van der Waals surface area contributed by atoms with Gasteiger partial charge in [0.15, 0.2) is 11.5 Å². The van der Waals surface area contributed by atoms with Crippen molar-refractivity contribution in [2.24, 2.45) is 5.92 Å². The molecule has 2 aliphatic rings. The van der Waals surface area contributed by atoms with Crippen LogP contribution in [-0.4, -0.2) is 20.4 Å². The number of hydrogen-bond acceptors (Lipinski definition) is 3. The van der Waals surface area contributed by atoms with Gasteiger partial charge in [-0.3, -0.25) is 0 Å². The van der Waals surface area contributed by atoms with Gasteiger partial charge in [0.2, 0.25) is 6.79 Å². The molecule has 1 aliphatic heterocycles. The van der Waals surface area contributed by atoms with Crippen molar-refractivity contribution in [1.82, 2.24) is 5.32 Å². The Balaban J connectivity index is 1.60. The number of hydrogen-bond donors (Lipinski definition) is 1. The van der Waals surface area contributed by atoms with E-state index < -0.39 is 0 Å². The van der Waals surface area contributed by atoms with Gasteiger partial charge in [0.05, 0.1) is 0 Å². The van der Waals surface area contributed by atoms with E-state index in [0.717, 1.165) is 29.9 Å². The zero-order valence-electron chi connectivity index (χ0n) is 10.2. The Labute approximate surface area is 102 Å². The number of benzene rings is 1. The van der Waals surface area contributed by atoms with Crippen molar-refractivity contribution in [2.75, 3.05) is 20.4 Å². The fraction of sp³-hybridized carbons (Fsp3) is 0.571. The summed E-state index contributed by atoms with van der Waals surface area (Å²) in [6.45, 7) is 1.51. The molecule has 1 fully saturated rings. The smallest absolute Gasteiger partial charge is 0.231 e. The molecule has 1 aromatic rings. The molecule has 0 bridgehead atoms.